The predicted molar refractivity (Wildman–Crippen MR) is 120 cm³/mol. The first-order chi connectivity index (χ1) is 13.6. The van der Waals surface area contributed by atoms with Gasteiger partial charge in [0.2, 0.25) is 5.91 Å². The normalized spacial score (nSPS) is 16.3. The number of nitrogens with zero attached hydrogens (tertiary/aromatic N) is 2. The van der Waals surface area contributed by atoms with E-state index in [1.54, 1.807) is 0 Å². The summed E-state index contributed by atoms with van der Waals surface area (Å²) >= 11 is 1.45. The van der Waals surface area contributed by atoms with Gasteiger partial charge in [-0.1, -0.05) is 30.3 Å². The number of hydrogen-bond donors (Lipinski definition) is 1. The lowest BCUT2D eigenvalue weighted by molar-refractivity contribution is -0.116. The fourth-order valence-electron chi connectivity index (χ4n) is 3.86. The van der Waals surface area contributed by atoms with E-state index in [0.717, 1.165) is 36.4 Å². The van der Waals surface area contributed by atoms with Gasteiger partial charge in [0.25, 0.3) is 5.91 Å². The average molecular weight is 432 g/mol. The maximum atomic E-state index is 13.0. The van der Waals surface area contributed by atoms with E-state index in [4.69, 9.17) is 5.73 Å². The number of hydrogen-bond acceptors (Lipinski definition) is 4. The number of halogens is 1. The number of piperidine rings is 1. The van der Waals surface area contributed by atoms with Crippen molar-refractivity contribution >= 4 is 41.7 Å². The Morgan fingerprint density at radius 1 is 1.00 bits per heavy atom. The van der Waals surface area contributed by atoms with Gasteiger partial charge in [0.15, 0.2) is 0 Å². The summed E-state index contributed by atoms with van der Waals surface area (Å²) in [4.78, 5) is 30.4. The van der Waals surface area contributed by atoms with Crippen molar-refractivity contribution < 1.29 is 9.59 Å². The van der Waals surface area contributed by atoms with Gasteiger partial charge >= 0.3 is 0 Å². The zero-order valence-corrected chi connectivity index (χ0v) is 17.9. The Hall–Kier alpha value is -2.02. The number of carbonyl (C=O) groups excluding carboxylic acids is 2. The van der Waals surface area contributed by atoms with Crippen LogP contribution in [0.1, 0.15) is 28.8 Å². The molecule has 0 aliphatic carbocycles. The summed E-state index contributed by atoms with van der Waals surface area (Å²) in [5.74, 6) is 0.443. The Morgan fingerprint density at radius 2 is 1.69 bits per heavy atom. The SMILES string of the molecule is Cl.NC1CCN(C(=O)c2ccccc2SCC(=O)N2CCc3ccccc32)CC1. The van der Waals surface area contributed by atoms with Crippen LogP contribution in [-0.2, 0) is 11.2 Å². The highest BCUT2D eigenvalue weighted by atomic mass is 35.5. The van der Waals surface area contributed by atoms with Crippen LogP contribution in [0.15, 0.2) is 53.4 Å². The second-order valence-electron chi connectivity index (χ2n) is 7.34. The largest absolute Gasteiger partial charge is 0.338 e. The molecular formula is C22H26ClN3O2S. The van der Waals surface area contributed by atoms with Crippen LogP contribution in [0.2, 0.25) is 0 Å². The van der Waals surface area contributed by atoms with Crippen molar-refractivity contribution in [2.45, 2.75) is 30.2 Å². The van der Waals surface area contributed by atoms with Gasteiger partial charge < -0.3 is 15.5 Å². The topological polar surface area (TPSA) is 66.6 Å². The highest BCUT2D eigenvalue weighted by Crippen LogP contribution is 2.30. The third kappa shape index (κ3) is 4.77. The first-order valence-electron chi connectivity index (χ1n) is 9.78. The van der Waals surface area contributed by atoms with E-state index in [1.807, 2.05) is 52.3 Å². The van der Waals surface area contributed by atoms with Gasteiger partial charge in [-0.05, 0) is 43.0 Å². The maximum Gasteiger partial charge on any atom is 0.254 e. The summed E-state index contributed by atoms with van der Waals surface area (Å²) in [6.07, 6.45) is 2.58. The van der Waals surface area contributed by atoms with Crippen molar-refractivity contribution in [1.82, 2.24) is 4.90 Å². The number of benzene rings is 2. The Morgan fingerprint density at radius 3 is 2.48 bits per heavy atom. The minimum absolute atomic E-state index is 0. The molecule has 154 valence electrons. The molecule has 2 aromatic carbocycles. The van der Waals surface area contributed by atoms with E-state index in [-0.39, 0.29) is 30.3 Å². The molecule has 1 fully saturated rings. The quantitative estimate of drug-likeness (QED) is 0.754. The fourth-order valence-corrected chi connectivity index (χ4v) is 4.78. The number of nitrogens with two attached hydrogens (primary N) is 1. The Kier molecular flexibility index (Phi) is 7.22. The minimum Gasteiger partial charge on any atom is -0.338 e. The van der Waals surface area contributed by atoms with Crippen LogP contribution in [0.5, 0.6) is 0 Å². The maximum absolute atomic E-state index is 13.0. The summed E-state index contributed by atoms with van der Waals surface area (Å²) in [5.41, 5.74) is 8.87. The monoisotopic (exact) mass is 431 g/mol. The van der Waals surface area contributed by atoms with Crippen molar-refractivity contribution in [2.24, 2.45) is 5.73 Å². The molecule has 5 nitrogen and oxygen atoms in total. The summed E-state index contributed by atoms with van der Waals surface area (Å²) in [6.45, 7) is 2.12. The third-order valence-electron chi connectivity index (χ3n) is 5.48. The van der Waals surface area contributed by atoms with Crippen LogP contribution in [0, 0.1) is 0 Å². The molecule has 0 saturated carbocycles. The van der Waals surface area contributed by atoms with Gasteiger partial charge in [-0.2, -0.15) is 0 Å². The van der Waals surface area contributed by atoms with Crippen LogP contribution < -0.4 is 10.6 Å². The molecule has 0 aromatic heterocycles. The molecule has 29 heavy (non-hydrogen) atoms. The van der Waals surface area contributed by atoms with E-state index in [1.165, 1.54) is 17.3 Å². The standard InChI is InChI=1S/C22H25N3O2S.ClH/c23-17-10-12-24(13-11-17)22(27)18-6-2-4-8-20(18)28-15-21(26)25-14-9-16-5-1-3-7-19(16)25;/h1-8,17H,9-15,23H2;1H. The van der Waals surface area contributed by atoms with E-state index in [9.17, 15) is 9.59 Å². The molecule has 0 spiro atoms. The molecule has 4 rings (SSSR count). The lowest BCUT2D eigenvalue weighted by atomic mass is 10.0. The summed E-state index contributed by atoms with van der Waals surface area (Å²) in [7, 11) is 0. The number of anilines is 1. The molecule has 7 heteroatoms. The lowest BCUT2D eigenvalue weighted by Gasteiger charge is -2.30. The number of para-hydroxylation sites is 1. The molecule has 0 radical (unpaired) electrons. The van der Waals surface area contributed by atoms with Gasteiger partial charge in [-0.25, -0.2) is 0 Å². The molecule has 2 heterocycles. The van der Waals surface area contributed by atoms with Crippen molar-refractivity contribution in [3.05, 3.63) is 59.7 Å². The van der Waals surface area contributed by atoms with Crippen molar-refractivity contribution in [2.75, 3.05) is 30.3 Å². The van der Waals surface area contributed by atoms with Gasteiger partial charge in [0, 0.05) is 36.3 Å². The van der Waals surface area contributed by atoms with Crippen molar-refractivity contribution in [3.8, 4) is 0 Å². The second kappa shape index (κ2) is 9.65. The number of likely N-dealkylation sites (tertiary alicyclic amines) is 1. The molecule has 0 bridgehead atoms. The number of thioether (sulfide) groups is 1. The summed E-state index contributed by atoms with van der Waals surface area (Å²) < 4.78 is 0. The van der Waals surface area contributed by atoms with Gasteiger partial charge in [-0.3, -0.25) is 9.59 Å². The van der Waals surface area contributed by atoms with E-state index in [0.29, 0.717) is 24.4 Å². The Bertz CT molecular complexity index is 884. The number of rotatable bonds is 4. The molecule has 2 aliphatic heterocycles. The molecule has 2 amide bonds. The average Bonchev–Trinajstić information content (AvgIpc) is 3.16. The Labute approximate surface area is 182 Å². The third-order valence-corrected chi connectivity index (χ3v) is 6.54. The molecule has 2 N–H and O–H groups in total. The number of fused-ring (bicyclic) bond motifs is 1. The van der Waals surface area contributed by atoms with Crippen LogP contribution in [-0.4, -0.2) is 48.1 Å². The lowest BCUT2D eigenvalue weighted by Crippen LogP contribution is -2.43. The molecule has 2 aromatic rings. The first-order valence-corrected chi connectivity index (χ1v) is 10.8. The molecule has 0 unspecified atom stereocenters. The van der Waals surface area contributed by atoms with Gasteiger partial charge in [0.1, 0.15) is 0 Å². The van der Waals surface area contributed by atoms with Crippen LogP contribution >= 0.6 is 24.2 Å². The molecule has 0 atom stereocenters. The van der Waals surface area contributed by atoms with E-state index < -0.39 is 0 Å². The number of carbonyl (C=O) groups is 2. The highest BCUT2D eigenvalue weighted by Gasteiger charge is 2.26. The highest BCUT2D eigenvalue weighted by molar-refractivity contribution is 8.00. The van der Waals surface area contributed by atoms with E-state index >= 15 is 0 Å². The van der Waals surface area contributed by atoms with Gasteiger partial charge in [0.05, 0.1) is 11.3 Å². The molecular weight excluding hydrogens is 406 g/mol. The summed E-state index contributed by atoms with van der Waals surface area (Å²) in [6, 6.07) is 15.8. The van der Waals surface area contributed by atoms with Crippen LogP contribution in [0.25, 0.3) is 0 Å². The molecule has 1 saturated heterocycles. The van der Waals surface area contributed by atoms with Crippen LogP contribution in [0.4, 0.5) is 5.69 Å². The van der Waals surface area contributed by atoms with Crippen LogP contribution in [0.3, 0.4) is 0 Å². The minimum atomic E-state index is 0. The molecule has 2 aliphatic rings. The van der Waals surface area contributed by atoms with E-state index in [2.05, 4.69) is 6.07 Å². The van der Waals surface area contributed by atoms with Crippen molar-refractivity contribution in [1.29, 1.82) is 0 Å². The van der Waals surface area contributed by atoms with Crippen molar-refractivity contribution in [3.63, 3.8) is 0 Å². The first kappa shape index (κ1) is 21.7. The van der Waals surface area contributed by atoms with Gasteiger partial charge in [-0.15, -0.1) is 24.2 Å². The number of amides is 2. The summed E-state index contributed by atoms with van der Waals surface area (Å²) in [5, 5.41) is 0. The predicted octanol–water partition coefficient (Wildman–Crippen LogP) is 3.35. The zero-order valence-electron chi connectivity index (χ0n) is 16.3. The smallest absolute Gasteiger partial charge is 0.254 e. The second-order valence-corrected chi connectivity index (χ2v) is 8.36. The zero-order chi connectivity index (χ0) is 19.5. The fraction of sp³-hybridized carbons (Fsp3) is 0.364. The Balaban J connectivity index is 0.00000240.